The first kappa shape index (κ1) is 12.2. The van der Waals surface area contributed by atoms with Crippen molar-refractivity contribution in [2.75, 3.05) is 24.5 Å². The van der Waals surface area contributed by atoms with Crippen LogP contribution in [0.5, 0.6) is 0 Å². The van der Waals surface area contributed by atoms with Crippen LogP contribution in [0.1, 0.15) is 12.5 Å². The summed E-state index contributed by atoms with van der Waals surface area (Å²) in [6, 6.07) is 2.84. The monoisotopic (exact) mass is 245 g/mol. The van der Waals surface area contributed by atoms with Crippen molar-refractivity contribution in [2.24, 2.45) is 0 Å². The van der Waals surface area contributed by atoms with Crippen LogP contribution in [0.25, 0.3) is 0 Å². The van der Waals surface area contributed by atoms with Gasteiger partial charge in [-0.1, -0.05) is 0 Å². The first-order valence-corrected chi connectivity index (χ1v) is 5.48. The molecule has 1 N–H and O–H groups in total. The number of alkyl halides is 3. The van der Waals surface area contributed by atoms with Gasteiger partial charge in [0.1, 0.15) is 5.82 Å². The van der Waals surface area contributed by atoms with Crippen molar-refractivity contribution in [1.29, 1.82) is 0 Å². The second-order valence-electron chi connectivity index (χ2n) is 4.20. The molecular weight excluding hydrogens is 231 g/mol. The highest BCUT2D eigenvalue weighted by Gasteiger charge is 2.31. The average molecular weight is 245 g/mol. The van der Waals surface area contributed by atoms with Crippen molar-refractivity contribution >= 4 is 5.82 Å². The van der Waals surface area contributed by atoms with Crippen molar-refractivity contribution in [2.45, 2.75) is 19.1 Å². The molecule has 0 unspecified atom stereocenters. The molecule has 2 heterocycles. The molecule has 1 fully saturated rings. The van der Waals surface area contributed by atoms with Gasteiger partial charge in [0, 0.05) is 31.9 Å². The van der Waals surface area contributed by atoms with E-state index in [4.69, 9.17) is 0 Å². The number of piperazine rings is 1. The number of hydrogen-bond donors (Lipinski definition) is 1. The van der Waals surface area contributed by atoms with Gasteiger partial charge in [0.05, 0.1) is 5.56 Å². The maximum Gasteiger partial charge on any atom is 0.417 e. The summed E-state index contributed by atoms with van der Waals surface area (Å²) in [5, 5.41) is 3.27. The third kappa shape index (κ3) is 2.88. The van der Waals surface area contributed by atoms with E-state index in [1.54, 1.807) is 0 Å². The molecule has 0 aliphatic carbocycles. The van der Waals surface area contributed by atoms with E-state index < -0.39 is 11.7 Å². The fraction of sp³-hybridized carbons (Fsp3) is 0.545. The molecule has 3 nitrogen and oxygen atoms in total. The quantitative estimate of drug-likeness (QED) is 0.819. The van der Waals surface area contributed by atoms with Gasteiger partial charge in [-0.05, 0) is 19.1 Å². The predicted molar refractivity (Wildman–Crippen MR) is 58.9 cm³/mol. The Bertz CT molecular complexity index is 375. The van der Waals surface area contributed by atoms with E-state index in [2.05, 4.69) is 10.3 Å². The molecule has 1 aliphatic heterocycles. The van der Waals surface area contributed by atoms with Gasteiger partial charge in [0.2, 0.25) is 0 Å². The van der Waals surface area contributed by atoms with Crippen LogP contribution in [0, 0.1) is 0 Å². The molecule has 0 radical (unpaired) electrons. The van der Waals surface area contributed by atoms with Crippen molar-refractivity contribution in [3.8, 4) is 0 Å². The minimum Gasteiger partial charge on any atom is -0.354 e. The van der Waals surface area contributed by atoms with Crippen molar-refractivity contribution < 1.29 is 13.2 Å². The minimum absolute atomic E-state index is 0.327. The molecule has 1 aromatic heterocycles. The summed E-state index contributed by atoms with van der Waals surface area (Å²) in [5.41, 5.74) is -0.704. The van der Waals surface area contributed by atoms with E-state index in [1.165, 1.54) is 6.07 Å². The number of nitrogens with zero attached hydrogens (tertiary/aromatic N) is 2. The van der Waals surface area contributed by atoms with Crippen LogP contribution in [0.2, 0.25) is 0 Å². The maximum absolute atomic E-state index is 12.4. The highest BCUT2D eigenvalue weighted by molar-refractivity contribution is 5.40. The Balaban J connectivity index is 2.12. The zero-order chi connectivity index (χ0) is 12.5. The smallest absolute Gasteiger partial charge is 0.354 e. The zero-order valence-corrected chi connectivity index (χ0v) is 9.46. The van der Waals surface area contributed by atoms with Crippen LogP contribution in [0.3, 0.4) is 0 Å². The number of anilines is 1. The number of hydrogen-bond acceptors (Lipinski definition) is 3. The molecule has 94 valence electrons. The molecular formula is C11H14F3N3. The fourth-order valence-corrected chi connectivity index (χ4v) is 1.88. The molecule has 1 saturated heterocycles. The molecule has 1 aromatic rings. The molecule has 6 heteroatoms. The Labute approximate surface area is 97.6 Å². The van der Waals surface area contributed by atoms with Crippen LogP contribution in [0.15, 0.2) is 18.3 Å². The third-order valence-electron chi connectivity index (χ3n) is 2.77. The minimum atomic E-state index is -4.32. The largest absolute Gasteiger partial charge is 0.417 e. The van der Waals surface area contributed by atoms with E-state index in [9.17, 15) is 13.2 Å². The van der Waals surface area contributed by atoms with Crippen LogP contribution in [-0.2, 0) is 6.18 Å². The van der Waals surface area contributed by atoms with Crippen molar-refractivity contribution in [3.05, 3.63) is 23.9 Å². The summed E-state index contributed by atoms with van der Waals surface area (Å²) in [6.45, 7) is 4.39. The summed E-state index contributed by atoms with van der Waals surface area (Å²) in [5.74, 6) is 0.603. The summed E-state index contributed by atoms with van der Waals surface area (Å²) in [6.07, 6.45) is -3.43. The zero-order valence-electron chi connectivity index (χ0n) is 9.46. The molecule has 0 bridgehead atoms. The summed E-state index contributed by atoms with van der Waals surface area (Å²) < 4.78 is 37.1. The second kappa shape index (κ2) is 4.52. The van der Waals surface area contributed by atoms with E-state index in [0.29, 0.717) is 11.9 Å². The number of nitrogens with one attached hydrogen (secondary N) is 1. The molecule has 0 aromatic carbocycles. The number of aromatic nitrogens is 1. The van der Waals surface area contributed by atoms with E-state index in [1.807, 2.05) is 11.8 Å². The van der Waals surface area contributed by atoms with Crippen LogP contribution in [-0.4, -0.2) is 30.7 Å². The summed E-state index contributed by atoms with van der Waals surface area (Å²) in [4.78, 5) is 5.87. The lowest BCUT2D eigenvalue weighted by molar-refractivity contribution is -0.137. The first-order chi connectivity index (χ1) is 7.97. The number of halogens is 3. The first-order valence-electron chi connectivity index (χ1n) is 5.48. The van der Waals surface area contributed by atoms with Crippen molar-refractivity contribution in [3.63, 3.8) is 0 Å². The molecule has 0 spiro atoms. The van der Waals surface area contributed by atoms with Gasteiger partial charge < -0.3 is 10.2 Å². The average Bonchev–Trinajstić information content (AvgIpc) is 2.28. The van der Waals surface area contributed by atoms with Crippen molar-refractivity contribution in [1.82, 2.24) is 10.3 Å². The Morgan fingerprint density at radius 2 is 2.18 bits per heavy atom. The Morgan fingerprint density at radius 3 is 2.71 bits per heavy atom. The predicted octanol–water partition coefficient (Wildman–Crippen LogP) is 1.90. The molecule has 1 atom stereocenters. The fourth-order valence-electron chi connectivity index (χ4n) is 1.88. The SMILES string of the molecule is C[C@@H]1CN(c2ccc(C(F)(F)F)cn2)CCN1. The van der Waals surface area contributed by atoms with Crippen LogP contribution < -0.4 is 10.2 Å². The van der Waals surface area contributed by atoms with Gasteiger partial charge in [-0.15, -0.1) is 0 Å². The Hall–Kier alpha value is -1.30. The lowest BCUT2D eigenvalue weighted by Crippen LogP contribution is -2.49. The van der Waals surface area contributed by atoms with Gasteiger partial charge in [0.25, 0.3) is 0 Å². The molecule has 2 rings (SSSR count). The highest BCUT2D eigenvalue weighted by atomic mass is 19.4. The van der Waals surface area contributed by atoms with E-state index in [0.717, 1.165) is 31.9 Å². The number of rotatable bonds is 1. The summed E-state index contributed by atoms with van der Waals surface area (Å²) >= 11 is 0. The lowest BCUT2D eigenvalue weighted by Gasteiger charge is -2.32. The van der Waals surface area contributed by atoms with Gasteiger partial charge in [-0.25, -0.2) is 4.98 Å². The molecule has 1 aliphatic rings. The summed E-state index contributed by atoms with van der Waals surface area (Å²) in [7, 11) is 0. The Morgan fingerprint density at radius 1 is 1.41 bits per heavy atom. The van der Waals surface area contributed by atoms with Gasteiger partial charge >= 0.3 is 6.18 Å². The Kier molecular flexibility index (Phi) is 3.24. The van der Waals surface area contributed by atoms with Gasteiger partial charge in [-0.2, -0.15) is 13.2 Å². The maximum atomic E-state index is 12.4. The topological polar surface area (TPSA) is 28.2 Å². The third-order valence-corrected chi connectivity index (χ3v) is 2.77. The lowest BCUT2D eigenvalue weighted by atomic mass is 10.2. The standard InChI is InChI=1S/C11H14F3N3/c1-8-7-17(5-4-15-8)10-3-2-9(6-16-10)11(12,13)14/h2-3,6,8,15H,4-5,7H2,1H3/t8-/m1/s1. The molecule has 0 saturated carbocycles. The second-order valence-corrected chi connectivity index (χ2v) is 4.20. The normalized spacial score (nSPS) is 21.6. The van der Waals surface area contributed by atoms with E-state index >= 15 is 0 Å². The van der Waals surface area contributed by atoms with Crippen LogP contribution >= 0.6 is 0 Å². The van der Waals surface area contributed by atoms with E-state index in [-0.39, 0.29) is 0 Å². The molecule has 0 amide bonds. The van der Waals surface area contributed by atoms with Gasteiger partial charge in [0.15, 0.2) is 0 Å². The highest BCUT2D eigenvalue weighted by Crippen LogP contribution is 2.29. The van der Waals surface area contributed by atoms with Gasteiger partial charge in [-0.3, -0.25) is 0 Å². The molecule has 17 heavy (non-hydrogen) atoms. The number of pyridine rings is 1. The van der Waals surface area contributed by atoms with Crippen LogP contribution in [0.4, 0.5) is 19.0 Å².